The molecule has 23 heavy (non-hydrogen) atoms. The van der Waals surface area contributed by atoms with Crippen LogP contribution in [0.3, 0.4) is 0 Å². The summed E-state index contributed by atoms with van der Waals surface area (Å²) in [5.74, 6) is 0.446. The van der Waals surface area contributed by atoms with Gasteiger partial charge in [-0.25, -0.2) is 0 Å². The molecule has 4 nitrogen and oxygen atoms in total. The average Bonchev–Trinajstić information content (AvgIpc) is 2.47. The van der Waals surface area contributed by atoms with Crippen molar-refractivity contribution in [3.05, 3.63) is 35.9 Å². The van der Waals surface area contributed by atoms with Crippen LogP contribution in [0.1, 0.15) is 65.4 Å². The molecule has 0 atom stereocenters. The molecule has 0 spiro atoms. The fraction of sp³-hybridized carbons (Fsp3) is 0.579. The van der Waals surface area contributed by atoms with E-state index in [-0.39, 0.29) is 11.8 Å². The Morgan fingerprint density at radius 1 is 0.913 bits per heavy atom. The van der Waals surface area contributed by atoms with E-state index in [0.717, 1.165) is 24.3 Å². The molecule has 0 saturated carbocycles. The van der Waals surface area contributed by atoms with Gasteiger partial charge in [-0.1, -0.05) is 70.9 Å². The third-order valence-corrected chi connectivity index (χ3v) is 2.87. The van der Waals surface area contributed by atoms with Crippen LogP contribution in [0, 0.1) is 5.92 Å². The first kappa shape index (κ1) is 23.4. The number of rotatable bonds is 7. The van der Waals surface area contributed by atoms with Gasteiger partial charge < -0.3 is 11.5 Å². The first-order valence-corrected chi connectivity index (χ1v) is 8.43. The number of carbonyl (C=O) groups is 2. The molecular weight excluding hydrogens is 288 g/mol. The molecule has 0 saturated heterocycles. The van der Waals surface area contributed by atoms with E-state index in [9.17, 15) is 9.59 Å². The molecule has 0 fully saturated rings. The van der Waals surface area contributed by atoms with Gasteiger partial charge in [-0.05, 0) is 24.3 Å². The predicted molar refractivity (Wildman–Crippen MR) is 97.8 cm³/mol. The lowest BCUT2D eigenvalue weighted by atomic mass is 10.1. The Morgan fingerprint density at radius 2 is 1.43 bits per heavy atom. The molecule has 0 aliphatic heterocycles. The van der Waals surface area contributed by atoms with Gasteiger partial charge in [-0.2, -0.15) is 0 Å². The van der Waals surface area contributed by atoms with E-state index in [1.54, 1.807) is 0 Å². The van der Waals surface area contributed by atoms with Crippen LogP contribution in [-0.4, -0.2) is 11.8 Å². The molecule has 4 heteroatoms. The molecule has 4 N–H and O–H groups in total. The van der Waals surface area contributed by atoms with Gasteiger partial charge in [0.2, 0.25) is 11.8 Å². The second-order valence-electron chi connectivity index (χ2n) is 5.85. The highest BCUT2D eigenvalue weighted by atomic mass is 16.1. The molecule has 0 aliphatic rings. The number of nitrogens with two attached hydrogens (primary N) is 2. The summed E-state index contributed by atoms with van der Waals surface area (Å²) in [5, 5.41) is 0. The molecule has 2 amide bonds. The van der Waals surface area contributed by atoms with Gasteiger partial charge in [0.15, 0.2) is 0 Å². The SMILES string of the molecule is CCCC(C)C.CCCC(N)=O.NC(=O)CCc1ccccc1. The van der Waals surface area contributed by atoms with Crippen molar-refractivity contribution in [1.29, 1.82) is 0 Å². The van der Waals surface area contributed by atoms with Gasteiger partial charge in [-0.3, -0.25) is 9.59 Å². The number of benzene rings is 1. The van der Waals surface area contributed by atoms with Crippen LogP contribution >= 0.6 is 0 Å². The van der Waals surface area contributed by atoms with Gasteiger partial charge in [0.1, 0.15) is 0 Å². The molecule has 0 unspecified atom stereocenters. The summed E-state index contributed by atoms with van der Waals surface area (Å²) < 4.78 is 0. The minimum absolute atomic E-state index is 0.211. The number of aryl methyl sites for hydroxylation is 1. The largest absolute Gasteiger partial charge is 0.370 e. The van der Waals surface area contributed by atoms with Crippen LogP contribution in [0.4, 0.5) is 0 Å². The average molecular weight is 322 g/mol. The highest BCUT2D eigenvalue weighted by molar-refractivity contribution is 5.74. The van der Waals surface area contributed by atoms with E-state index in [2.05, 4.69) is 20.8 Å². The van der Waals surface area contributed by atoms with E-state index < -0.39 is 0 Å². The summed E-state index contributed by atoms with van der Waals surface area (Å²) in [7, 11) is 0. The maximum Gasteiger partial charge on any atom is 0.217 e. The van der Waals surface area contributed by atoms with Gasteiger partial charge in [0.05, 0.1) is 0 Å². The van der Waals surface area contributed by atoms with Crippen LogP contribution in [-0.2, 0) is 16.0 Å². The van der Waals surface area contributed by atoms with Crippen LogP contribution in [0.5, 0.6) is 0 Å². The maximum absolute atomic E-state index is 10.4. The monoisotopic (exact) mass is 322 g/mol. The van der Waals surface area contributed by atoms with Crippen molar-refractivity contribution in [2.24, 2.45) is 17.4 Å². The Labute approximate surface area is 141 Å². The molecule has 0 bridgehead atoms. The molecular formula is C19H34N2O2. The zero-order chi connectivity index (χ0) is 18.1. The summed E-state index contributed by atoms with van der Waals surface area (Å²) in [6.07, 6.45) is 5.26. The molecule has 1 aromatic rings. The number of amides is 2. The number of hydrogen-bond donors (Lipinski definition) is 2. The van der Waals surface area contributed by atoms with Crippen molar-refractivity contribution in [2.45, 2.75) is 66.2 Å². The zero-order valence-corrected chi connectivity index (χ0v) is 15.2. The molecule has 0 heterocycles. The van der Waals surface area contributed by atoms with E-state index >= 15 is 0 Å². The minimum Gasteiger partial charge on any atom is -0.370 e. The Balaban J connectivity index is 0. The lowest BCUT2D eigenvalue weighted by molar-refractivity contribution is -0.118. The molecule has 0 aromatic heterocycles. The van der Waals surface area contributed by atoms with Crippen molar-refractivity contribution in [2.75, 3.05) is 0 Å². The Morgan fingerprint density at radius 3 is 1.70 bits per heavy atom. The van der Waals surface area contributed by atoms with Gasteiger partial charge in [0.25, 0.3) is 0 Å². The quantitative estimate of drug-likeness (QED) is 0.799. The fourth-order valence-corrected chi connectivity index (χ4v) is 1.74. The highest BCUT2D eigenvalue weighted by Crippen LogP contribution is 2.01. The number of primary amides is 2. The summed E-state index contributed by atoms with van der Waals surface area (Å²) in [6.45, 7) is 8.65. The normalized spacial score (nSPS) is 9.26. The minimum atomic E-state index is -0.242. The topological polar surface area (TPSA) is 86.2 Å². The smallest absolute Gasteiger partial charge is 0.217 e. The van der Waals surface area contributed by atoms with Crippen molar-refractivity contribution >= 4 is 11.8 Å². The van der Waals surface area contributed by atoms with Gasteiger partial charge >= 0.3 is 0 Å². The van der Waals surface area contributed by atoms with Crippen molar-refractivity contribution in [1.82, 2.24) is 0 Å². The summed E-state index contributed by atoms with van der Waals surface area (Å²) in [5.41, 5.74) is 10.9. The van der Waals surface area contributed by atoms with E-state index in [1.165, 1.54) is 12.8 Å². The fourth-order valence-electron chi connectivity index (χ4n) is 1.74. The zero-order valence-electron chi connectivity index (χ0n) is 15.2. The first-order chi connectivity index (χ1) is 10.8. The molecule has 132 valence electrons. The molecule has 1 rings (SSSR count). The Kier molecular flexibility index (Phi) is 16.8. The van der Waals surface area contributed by atoms with Gasteiger partial charge in [0, 0.05) is 12.8 Å². The van der Waals surface area contributed by atoms with Crippen molar-refractivity contribution < 1.29 is 9.59 Å². The highest BCUT2D eigenvalue weighted by Gasteiger charge is 1.94. The van der Waals surface area contributed by atoms with Crippen LogP contribution in [0.15, 0.2) is 30.3 Å². The maximum atomic E-state index is 10.4. The lowest BCUT2D eigenvalue weighted by Gasteiger charge is -1.96. The van der Waals surface area contributed by atoms with Gasteiger partial charge in [-0.15, -0.1) is 0 Å². The van der Waals surface area contributed by atoms with Crippen LogP contribution in [0.25, 0.3) is 0 Å². The Hall–Kier alpha value is -1.84. The van der Waals surface area contributed by atoms with E-state index in [4.69, 9.17) is 11.5 Å². The summed E-state index contributed by atoms with van der Waals surface area (Å²) in [6, 6.07) is 9.84. The third kappa shape index (κ3) is 22.6. The van der Waals surface area contributed by atoms with Crippen molar-refractivity contribution in [3.8, 4) is 0 Å². The lowest BCUT2D eigenvalue weighted by Crippen LogP contribution is -2.10. The Bertz CT molecular complexity index is 403. The van der Waals surface area contributed by atoms with E-state index in [1.807, 2.05) is 37.3 Å². The van der Waals surface area contributed by atoms with Crippen LogP contribution in [0.2, 0.25) is 0 Å². The molecule has 0 radical (unpaired) electrons. The number of hydrogen-bond acceptors (Lipinski definition) is 2. The van der Waals surface area contributed by atoms with Crippen LogP contribution < -0.4 is 11.5 Å². The molecule has 1 aromatic carbocycles. The van der Waals surface area contributed by atoms with Crippen molar-refractivity contribution in [3.63, 3.8) is 0 Å². The third-order valence-electron chi connectivity index (χ3n) is 2.87. The predicted octanol–water partition coefficient (Wildman–Crippen LogP) is 3.82. The molecule has 0 aliphatic carbocycles. The van der Waals surface area contributed by atoms with E-state index in [0.29, 0.717) is 12.8 Å². The first-order valence-electron chi connectivity index (χ1n) is 8.43. The number of carbonyl (C=O) groups excluding carboxylic acids is 2. The summed E-state index contributed by atoms with van der Waals surface area (Å²) in [4.78, 5) is 20.2. The standard InChI is InChI=1S/C9H11NO.C6H14.C4H9NO/c10-9(11)7-6-8-4-2-1-3-5-8;1-4-5-6(2)3;1-2-3-4(5)6/h1-5H,6-7H2,(H2,10,11);6H,4-5H2,1-3H3;2-3H2,1H3,(H2,5,6). The second kappa shape index (κ2) is 16.5. The summed E-state index contributed by atoms with van der Waals surface area (Å²) >= 11 is 0. The second-order valence-corrected chi connectivity index (χ2v) is 5.85.